The van der Waals surface area contributed by atoms with Crippen LogP contribution in [0.25, 0.3) is 10.2 Å². The first-order chi connectivity index (χ1) is 11.2. The zero-order chi connectivity index (χ0) is 16.2. The maximum Gasteiger partial charge on any atom is 0.277 e. The third-order valence-electron chi connectivity index (χ3n) is 3.52. The van der Waals surface area contributed by atoms with E-state index in [0.29, 0.717) is 29.8 Å². The summed E-state index contributed by atoms with van der Waals surface area (Å²) >= 11 is 1.09. The molecule has 3 heterocycles. The van der Waals surface area contributed by atoms with Crippen LogP contribution in [0.1, 0.15) is 16.9 Å². The molecule has 0 fully saturated rings. The van der Waals surface area contributed by atoms with Gasteiger partial charge in [-0.05, 0) is 30.1 Å². The molecule has 0 N–H and O–H groups in total. The fraction of sp³-hybridized carbons (Fsp3) is 0.333. The summed E-state index contributed by atoms with van der Waals surface area (Å²) in [5, 5.41) is 0.482. The van der Waals surface area contributed by atoms with Crippen molar-refractivity contribution in [2.45, 2.75) is 19.4 Å². The predicted octanol–water partition coefficient (Wildman–Crippen LogP) is 1.57. The molecule has 0 aromatic carbocycles. The highest BCUT2D eigenvalue weighted by Crippen LogP contribution is 2.14. The van der Waals surface area contributed by atoms with Crippen LogP contribution in [-0.4, -0.2) is 38.1 Å². The van der Waals surface area contributed by atoms with Gasteiger partial charge < -0.3 is 9.30 Å². The first kappa shape index (κ1) is 15.6. The zero-order valence-corrected chi connectivity index (χ0v) is 13.5. The van der Waals surface area contributed by atoms with E-state index < -0.39 is 0 Å². The second-order valence-electron chi connectivity index (χ2n) is 5.01. The van der Waals surface area contributed by atoms with E-state index in [1.165, 1.54) is 3.96 Å². The number of aryl methyl sites for hydroxylation is 1. The van der Waals surface area contributed by atoms with Gasteiger partial charge in [0.25, 0.3) is 5.56 Å². The van der Waals surface area contributed by atoms with E-state index in [1.807, 2.05) is 4.57 Å². The lowest BCUT2D eigenvalue weighted by Gasteiger charge is -2.06. The van der Waals surface area contributed by atoms with Gasteiger partial charge in [-0.25, -0.2) is 9.97 Å². The third-order valence-corrected chi connectivity index (χ3v) is 4.57. The van der Waals surface area contributed by atoms with Gasteiger partial charge in [-0.3, -0.25) is 9.59 Å². The summed E-state index contributed by atoms with van der Waals surface area (Å²) in [4.78, 5) is 33.4. The summed E-state index contributed by atoms with van der Waals surface area (Å²) in [7, 11) is 1.64. The molecular weight excluding hydrogens is 316 g/mol. The molecule has 3 aromatic heterocycles. The van der Waals surface area contributed by atoms with Gasteiger partial charge in [0, 0.05) is 38.2 Å². The van der Waals surface area contributed by atoms with Gasteiger partial charge in [0.1, 0.15) is 4.83 Å². The Morgan fingerprint density at radius 1 is 1.43 bits per heavy atom. The highest BCUT2D eigenvalue weighted by atomic mass is 32.1. The number of pyridine rings is 1. The molecule has 0 saturated carbocycles. The summed E-state index contributed by atoms with van der Waals surface area (Å²) in [6, 6.07) is 3.38. The molecule has 8 heteroatoms. The van der Waals surface area contributed by atoms with E-state index in [1.54, 1.807) is 38.0 Å². The molecular formula is C15H16N4O3S. The molecule has 3 rings (SSSR count). The molecule has 0 saturated heterocycles. The fourth-order valence-corrected chi connectivity index (χ4v) is 3.22. The Balaban J connectivity index is 1.73. The Bertz CT molecular complexity index is 880. The number of carbonyl (C=O) groups excluding carboxylic acids is 1. The van der Waals surface area contributed by atoms with Crippen LogP contribution in [0.2, 0.25) is 0 Å². The zero-order valence-electron chi connectivity index (χ0n) is 12.6. The van der Waals surface area contributed by atoms with Gasteiger partial charge in [-0.1, -0.05) is 0 Å². The van der Waals surface area contributed by atoms with Crippen molar-refractivity contribution in [3.05, 3.63) is 46.9 Å². The Labute approximate surface area is 136 Å². The quantitative estimate of drug-likeness (QED) is 0.685. The average molecular weight is 332 g/mol. The summed E-state index contributed by atoms with van der Waals surface area (Å²) in [5.74, 6) is -0.225. The molecule has 0 aliphatic heterocycles. The number of rotatable bonds is 6. The van der Waals surface area contributed by atoms with E-state index in [-0.39, 0.29) is 17.9 Å². The fourth-order valence-electron chi connectivity index (χ4n) is 2.31. The lowest BCUT2D eigenvalue weighted by molar-refractivity contribution is 0.0912. The molecule has 120 valence electrons. The van der Waals surface area contributed by atoms with Gasteiger partial charge in [-0.15, -0.1) is 0 Å². The third kappa shape index (κ3) is 3.22. The number of hydrogen-bond donors (Lipinski definition) is 0. The molecule has 0 bridgehead atoms. The second-order valence-corrected chi connectivity index (χ2v) is 5.95. The number of carbonyl (C=O) groups is 1. The van der Waals surface area contributed by atoms with Crippen LogP contribution < -0.4 is 5.56 Å². The monoisotopic (exact) mass is 332 g/mol. The molecule has 0 radical (unpaired) electrons. The number of hydrogen-bond acceptors (Lipinski definition) is 6. The molecule has 0 spiro atoms. The minimum atomic E-state index is -0.295. The highest BCUT2D eigenvalue weighted by Gasteiger charge is 2.15. The van der Waals surface area contributed by atoms with Gasteiger partial charge in [0.15, 0.2) is 0 Å². The lowest BCUT2D eigenvalue weighted by Crippen LogP contribution is -2.21. The van der Waals surface area contributed by atoms with Gasteiger partial charge in [-0.2, -0.15) is 3.96 Å². The van der Waals surface area contributed by atoms with E-state index in [4.69, 9.17) is 4.74 Å². The SMILES string of the molecule is COCCn1cncc1CCC(=O)n1sc2ncccc2c1=O. The van der Waals surface area contributed by atoms with Crippen molar-refractivity contribution < 1.29 is 9.53 Å². The maximum absolute atomic E-state index is 12.3. The van der Waals surface area contributed by atoms with Crippen molar-refractivity contribution in [1.82, 2.24) is 18.5 Å². The van der Waals surface area contributed by atoms with Crippen molar-refractivity contribution >= 4 is 27.7 Å². The van der Waals surface area contributed by atoms with E-state index in [2.05, 4.69) is 9.97 Å². The van der Waals surface area contributed by atoms with Crippen molar-refractivity contribution in [3.8, 4) is 0 Å². The van der Waals surface area contributed by atoms with Crippen LogP contribution in [-0.2, 0) is 17.7 Å². The number of imidazole rings is 1. The van der Waals surface area contributed by atoms with Crippen LogP contribution in [0.15, 0.2) is 35.6 Å². The number of fused-ring (bicyclic) bond motifs is 1. The lowest BCUT2D eigenvalue weighted by atomic mass is 10.2. The predicted molar refractivity (Wildman–Crippen MR) is 86.9 cm³/mol. The smallest absolute Gasteiger partial charge is 0.277 e. The van der Waals surface area contributed by atoms with E-state index in [0.717, 1.165) is 17.2 Å². The largest absolute Gasteiger partial charge is 0.383 e. The van der Waals surface area contributed by atoms with Crippen LogP contribution in [0.4, 0.5) is 0 Å². The Kier molecular flexibility index (Phi) is 4.63. The molecule has 0 amide bonds. The Morgan fingerprint density at radius 2 is 2.30 bits per heavy atom. The summed E-state index contributed by atoms with van der Waals surface area (Å²) < 4.78 is 8.19. The van der Waals surface area contributed by atoms with Gasteiger partial charge in [0.05, 0.1) is 18.3 Å². The second kappa shape index (κ2) is 6.84. The number of nitrogens with zero attached hydrogens (tertiary/aromatic N) is 4. The number of aromatic nitrogens is 4. The minimum absolute atomic E-state index is 0.225. The standard InChI is InChI=1S/C15H16N4O3S/c1-22-8-7-18-10-16-9-11(18)4-5-13(20)19-15(21)12-3-2-6-17-14(12)23-19/h2-3,6,9-10H,4-5,7-8H2,1H3. The van der Waals surface area contributed by atoms with Crippen LogP contribution in [0.3, 0.4) is 0 Å². The van der Waals surface area contributed by atoms with Crippen molar-refractivity contribution in [3.63, 3.8) is 0 Å². The normalized spacial score (nSPS) is 11.2. The first-order valence-corrected chi connectivity index (χ1v) is 7.96. The van der Waals surface area contributed by atoms with E-state index >= 15 is 0 Å². The topological polar surface area (TPSA) is 79.0 Å². The van der Waals surface area contributed by atoms with E-state index in [9.17, 15) is 9.59 Å². The number of methoxy groups -OCH3 is 1. The van der Waals surface area contributed by atoms with Crippen molar-refractivity contribution in [1.29, 1.82) is 0 Å². The average Bonchev–Trinajstić information content (AvgIpc) is 3.15. The minimum Gasteiger partial charge on any atom is -0.383 e. The summed E-state index contributed by atoms with van der Waals surface area (Å²) in [5.41, 5.74) is 0.652. The molecule has 0 aliphatic carbocycles. The highest BCUT2D eigenvalue weighted by molar-refractivity contribution is 7.14. The van der Waals surface area contributed by atoms with Gasteiger partial charge in [0.2, 0.25) is 5.91 Å². The molecule has 0 aliphatic rings. The Hall–Kier alpha value is -2.32. The molecule has 0 atom stereocenters. The van der Waals surface area contributed by atoms with Gasteiger partial charge >= 0.3 is 0 Å². The molecule has 3 aromatic rings. The van der Waals surface area contributed by atoms with Crippen LogP contribution in [0, 0.1) is 0 Å². The van der Waals surface area contributed by atoms with Crippen molar-refractivity contribution in [2.75, 3.05) is 13.7 Å². The van der Waals surface area contributed by atoms with Crippen LogP contribution >= 0.6 is 11.5 Å². The van der Waals surface area contributed by atoms with Crippen molar-refractivity contribution in [2.24, 2.45) is 0 Å². The number of ether oxygens (including phenoxy) is 1. The molecule has 7 nitrogen and oxygen atoms in total. The summed E-state index contributed by atoms with van der Waals surface area (Å²) in [6.45, 7) is 1.27. The molecule has 0 unspecified atom stereocenters. The first-order valence-electron chi connectivity index (χ1n) is 7.19. The Morgan fingerprint density at radius 3 is 3.09 bits per heavy atom. The molecule has 23 heavy (non-hydrogen) atoms. The maximum atomic E-state index is 12.3. The van der Waals surface area contributed by atoms with Crippen LogP contribution in [0.5, 0.6) is 0 Å². The summed E-state index contributed by atoms with van der Waals surface area (Å²) in [6.07, 6.45) is 5.83.